The summed E-state index contributed by atoms with van der Waals surface area (Å²) in [5.74, 6) is 0. The van der Waals surface area contributed by atoms with E-state index in [0.717, 1.165) is 32.5 Å². The second kappa shape index (κ2) is 8.63. The van der Waals surface area contributed by atoms with Gasteiger partial charge in [-0.2, -0.15) is 0 Å². The molecule has 0 aliphatic rings. The summed E-state index contributed by atoms with van der Waals surface area (Å²) in [4.78, 5) is 0. The molecule has 0 radical (unpaired) electrons. The predicted octanol–water partition coefficient (Wildman–Crippen LogP) is 4.04. The minimum atomic E-state index is -0.894. The maximum absolute atomic E-state index is 5.86. The third-order valence-corrected chi connectivity index (χ3v) is 4.06. The Kier molecular flexibility index (Phi) is 7.43. The lowest BCUT2D eigenvalue weighted by molar-refractivity contribution is 0.257. The quantitative estimate of drug-likeness (QED) is 0.652. The van der Waals surface area contributed by atoms with Gasteiger partial charge in [0.25, 0.3) is 0 Å². The zero-order valence-electron chi connectivity index (χ0n) is 11.1. The Morgan fingerprint density at radius 1 is 0.941 bits per heavy atom. The van der Waals surface area contributed by atoms with Gasteiger partial charge in [-0.25, -0.2) is 0 Å². The molecule has 0 unspecified atom stereocenters. The second-order valence-corrected chi connectivity index (χ2v) is 5.42. The number of hydrogen-bond donors (Lipinski definition) is 0. The first kappa shape index (κ1) is 14.6. The van der Waals surface area contributed by atoms with Crippen molar-refractivity contribution >= 4 is 13.7 Å². The van der Waals surface area contributed by atoms with Gasteiger partial charge in [-0.3, -0.25) is 0 Å². The molecule has 1 rings (SSSR count). The Hall–Kier alpha value is -0.430. The lowest BCUT2D eigenvalue weighted by Crippen LogP contribution is -2.12. The van der Waals surface area contributed by atoms with E-state index >= 15 is 0 Å². The molecule has 3 heteroatoms. The molecule has 0 aliphatic heterocycles. The van der Waals surface area contributed by atoms with Crippen molar-refractivity contribution in [1.29, 1.82) is 0 Å². The average Bonchev–Trinajstić information content (AvgIpc) is 2.39. The van der Waals surface area contributed by atoms with Crippen LogP contribution in [0.5, 0.6) is 0 Å². The summed E-state index contributed by atoms with van der Waals surface area (Å²) in [5.41, 5.74) is 1.34. The van der Waals surface area contributed by atoms with Gasteiger partial charge in [-0.05, 0) is 30.9 Å². The second-order valence-electron chi connectivity index (χ2n) is 3.91. The van der Waals surface area contributed by atoms with E-state index in [0.29, 0.717) is 0 Å². The van der Waals surface area contributed by atoms with Crippen molar-refractivity contribution in [3.63, 3.8) is 0 Å². The van der Waals surface area contributed by atoms with Crippen LogP contribution in [-0.2, 0) is 15.5 Å². The highest BCUT2D eigenvalue weighted by molar-refractivity contribution is 7.56. The van der Waals surface area contributed by atoms with Crippen molar-refractivity contribution in [3.8, 4) is 0 Å². The Balaban J connectivity index is 2.78. The standard InChI is InChI=1S/C14H23O2P/c1-4-11-15-17(16-12-5-2)14-10-8-7-9-13(14)6-3/h7-10H,4-6,11-12H2,1-3H3. The minimum absolute atomic E-state index is 0.771. The molecule has 0 bridgehead atoms. The summed E-state index contributed by atoms with van der Waals surface area (Å²) in [5, 5.41) is 1.24. The number of rotatable bonds is 8. The molecule has 0 heterocycles. The van der Waals surface area contributed by atoms with Crippen molar-refractivity contribution in [1.82, 2.24) is 0 Å². The largest absolute Gasteiger partial charge is 0.331 e. The smallest absolute Gasteiger partial charge is 0.205 e. The van der Waals surface area contributed by atoms with Gasteiger partial charge in [0.15, 0.2) is 0 Å². The number of aryl methyl sites for hydroxylation is 1. The average molecular weight is 254 g/mol. The van der Waals surface area contributed by atoms with Gasteiger partial charge in [0, 0.05) is 5.30 Å². The highest BCUT2D eigenvalue weighted by Gasteiger charge is 2.16. The Morgan fingerprint density at radius 2 is 1.53 bits per heavy atom. The molecule has 2 nitrogen and oxygen atoms in total. The lowest BCUT2D eigenvalue weighted by Gasteiger charge is -2.19. The summed E-state index contributed by atoms with van der Waals surface area (Å²) >= 11 is 0. The number of benzene rings is 1. The van der Waals surface area contributed by atoms with Crippen LogP contribution in [0, 0.1) is 0 Å². The van der Waals surface area contributed by atoms with E-state index in [2.05, 4.69) is 45.0 Å². The van der Waals surface area contributed by atoms with Crippen molar-refractivity contribution in [3.05, 3.63) is 29.8 Å². The summed E-state index contributed by atoms with van der Waals surface area (Å²) < 4.78 is 11.7. The fraction of sp³-hybridized carbons (Fsp3) is 0.571. The molecule has 0 aromatic heterocycles. The minimum Gasteiger partial charge on any atom is -0.331 e. The van der Waals surface area contributed by atoms with Crippen LogP contribution in [0.25, 0.3) is 0 Å². The monoisotopic (exact) mass is 254 g/mol. The van der Waals surface area contributed by atoms with E-state index < -0.39 is 8.38 Å². The SMILES string of the molecule is CCCOP(OCCC)c1ccccc1CC. The maximum atomic E-state index is 5.86. The van der Waals surface area contributed by atoms with Crippen LogP contribution in [-0.4, -0.2) is 13.2 Å². The van der Waals surface area contributed by atoms with Gasteiger partial charge >= 0.3 is 0 Å². The van der Waals surface area contributed by atoms with E-state index in [9.17, 15) is 0 Å². The topological polar surface area (TPSA) is 18.5 Å². The van der Waals surface area contributed by atoms with Gasteiger partial charge in [0.05, 0.1) is 13.2 Å². The van der Waals surface area contributed by atoms with Crippen LogP contribution in [0.1, 0.15) is 39.2 Å². The first-order valence-corrected chi connectivity index (χ1v) is 7.65. The Labute approximate surface area is 106 Å². The molecule has 0 fully saturated rings. The van der Waals surface area contributed by atoms with E-state index in [1.165, 1.54) is 10.9 Å². The van der Waals surface area contributed by atoms with E-state index in [1.54, 1.807) is 0 Å². The van der Waals surface area contributed by atoms with E-state index in [-0.39, 0.29) is 0 Å². The molecule has 0 saturated carbocycles. The molecule has 17 heavy (non-hydrogen) atoms. The molecular weight excluding hydrogens is 231 g/mol. The normalized spacial score (nSPS) is 11.1. The zero-order valence-corrected chi connectivity index (χ0v) is 12.0. The number of hydrogen-bond acceptors (Lipinski definition) is 2. The third kappa shape index (κ3) is 4.75. The van der Waals surface area contributed by atoms with E-state index in [4.69, 9.17) is 9.05 Å². The summed E-state index contributed by atoms with van der Waals surface area (Å²) in [6, 6.07) is 8.44. The highest BCUT2D eigenvalue weighted by Crippen LogP contribution is 2.38. The van der Waals surface area contributed by atoms with Crippen LogP contribution in [0.4, 0.5) is 0 Å². The van der Waals surface area contributed by atoms with Crippen LogP contribution >= 0.6 is 8.38 Å². The fourth-order valence-electron chi connectivity index (χ4n) is 1.51. The third-order valence-electron chi connectivity index (χ3n) is 2.39. The molecule has 96 valence electrons. The molecule has 0 spiro atoms. The van der Waals surface area contributed by atoms with Crippen molar-refractivity contribution in [2.75, 3.05) is 13.2 Å². The van der Waals surface area contributed by atoms with Crippen molar-refractivity contribution in [2.24, 2.45) is 0 Å². The van der Waals surface area contributed by atoms with Gasteiger partial charge in [0.1, 0.15) is 0 Å². The Bertz CT molecular complexity index is 307. The van der Waals surface area contributed by atoms with Gasteiger partial charge in [-0.15, -0.1) is 0 Å². The summed E-state index contributed by atoms with van der Waals surface area (Å²) in [7, 11) is -0.894. The summed E-state index contributed by atoms with van der Waals surface area (Å²) in [6.45, 7) is 7.96. The molecule has 1 aromatic rings. The fourth-order valence-corrected chi connectivity index (χ4v) is 3.24. The summed E-state index contributed by atoms with van der Waals surface area (Å²) in [6.07, 6.45) is 3.09. The lowest BCUT2D eigenvalue weighted by atomic mass is 10.2. The first-order valence-electron chi connectivity index (χ1n) is 6.47. The molecule has 0 amide bonds. The van der Waals surface area contributed by atoms with Crippen LogP contribution in [0.3, 0.4) is 0 Å². The molecule has 0 atom stereocenters. The van der Waals surface area contributed by atoms with Crippen LogP contribution < -0.4 is 5.30 Å². The maximum Gasteiger partial charge on any atom is 0.205 e. The zero-order chi connectivity index (χ0) is 12.5. The predicted molar refractivity (Wildman–Crippen MR) is 74.9 cm³/mol. The Morgan fingerprint density at radius 3 is 2.06 bits per heavy atom. The molecule has 1 aromatic carbocycles. The molecule has 0 N–H and O–H groups in total. The van der Waals surface area contributed by atoms with Gasteiger partial charge < -0.3 is 9.05 Å². The molecular formula is C14H23O2P. The van der Waals surface area contributed by atoms with Crippen molar-refractivity contribution < 1.29 is 9.05 Å². The van der Waals surface area contributed by atoms with E-state index in [1.807, 2.05) is 0 Å². The van der Waals surface area contributed by atoms with Crippen LogP contribution in [0.2, 0.25) is 0 Å². The molecule has 0 saturated heterocycles. The van der Waals surface area contributed by atoms with Crippen LogP contribution in [0.15, 0.2) is 24.3 Å². The van der Waals surface area contributed by atoms with Gasteiger partial charge in [-0.1, -0.05) is 39.0 Å². The van der Waals surface area contributed by atoms with Gasteiger partial charge in [0.2, 0.25) is 8.38 Å². The first-order chi connectivity index (χ1) is 8.33. The highest BCUT2D eigenvalue weighted by atomic mass is 31.2. The van der Waals surface area contributed by atoms with Crippen molar-refractivity contribution in [2.45, 2.75) is 40.0 Å². The molecule has 0 aliphatic carbocycles.